The monoisotopic (exact) mass is 439 g/mol. The lowest BCUT2D eigenvalue weighted by Gasteiger charge is -2.29. The van der Waals surface area contributed by atoms with Gasteiger partial charge in [0.05, 0.1) is 0 Å². The number of benzene rings is 1. The third-order valence-electron chi connectivity index (χ3n) is 6.92. The smallest absolute Gasteiger partial charge is 0.248 e. The fourth-order valence-corrected chi connectivity index (χ4v) is 5.22. The van der Waals surface area contributed by atoms with E-state index in [0.717, 1.165) is 57.4 Å². The van der Waals surface area contributed by atoms with Crippen molar-refractivity contribution in [2.24, 2.45) is 10.9 Å². The normalized spacial score (nSPS) is 21.9. The largest absolute Gasteiger partial charge is 0.357 e. The van der Waals surface area contributed by atoms with E-state index in [0.29, 0.717) is 18.4 Å². The summed E-state index contributed by atoms with van der Waals surface area (Å²) >= 11 is 0. The van der Waals surface area contributed by atoms with Crippen LogP contribution in [0.3, 0.4) is 0 Å². The zero-order valence-electron chi connectivity index (χ0n) is 19.3. The second-order valence-corrected chi connectivity index (χ2v) is 9.22. The maximum atomic E-state index is 12.9. The number of likely N-dealkylation sites (tertiary alicyclic amines) is 1. The maximum absolute atomic E-state index is 12.9. The molecule has 1 aromatic carbocycles. The molecule has 174 valence electrons. The molecule has 1 unspecified atom stereocenters. The van der Waals surface area contributed by atoms with Crippen LogP contribution in [-0.2, 0) is 16.0 Å². The zero-order chi connectivity index (χ0) is 22.3. The van der Waals surface area contributed by atoms with Crippen LogP contribution < -0.4 is 15.5 Å². The molecule has 1 atom stereocenters. The van der Waals surface area contributed by atoms with Gasteiger partial charge >= 0.3 is 0 Å². The molecule has 3 aliphatic rings. The van der Waals surface area contributed by atoms with Gasteiger partial charge in [-0.2, -0.15) is 0 Å². The van der Waals surface area contributed by atoms with Gasteiger partial charge in [0.2, 0.25) is 11.8 Å². The Kier molecular flexibility index (Phi) is 7.66. The number of hydrogen-bond acceptors (Lipinski definition) is 3. The molecular formula is C25H37N5O2. The predicted octanol–water partition coefficient (Wildman–Crippen LogP) is 2.70. The van der Waals surface area contributed by atoms with Crippen molar-refractivity contribution in [3.63, 3.8) is 0 Å². The molecule has 2 heterocycles. The van der Waals surface area contributed by atoms with Crippen molar-refractivity contribution in [2.45, 2.75) is 64.3 Å². The molecule has 1 saturated carbocycles. The van der Waals surface area contributed by atoms with Gasteiger partial charge in [0.15, 0.2) is 5.96 Å². The number of hydrogen-bond donors (Lipinski definition) is 2. The van der Waals surface area contributed by atoms with E-state index in [1.807, 2.05) is 34.9 Å². The van der Waals surface area contributed by atoms with Crippen LogP contribution in [0.25, 0.3) is 0 Å². The number of nitrogens with zero attached hydrogens (tertiary/aromatic N) is 3. The summed E-state index contributed by atoms with van der Waals surface area (Å²) in [4.78, 5) is 34.3. The fourth-order valence-electron chi connectivity index (χ4n) is 5.22. The Labute approximate surface area is 191 Å². The first-order valence-corrected chi connectivity index (χ1v) is 12.4. The number of fused-ring (bicyclic) bond motifs is 1. The van der Waals surface area contributed by atoms with Gasteiger partial charge in [-0.3, -0.25) is 9.59 Å². The first-order valence-electron chi connectivity index (χ1n) is 12.4. The molecule has 2 N–H and O–H groups in total. The number of nitrogens with one attached hydrogen (secondary N) is 2. The Hall–Kier alpha value is -2.57. The van der Waals surface area contributed by atoms with Gasteiger partial charge in [0.25, 0.3) is 0 Å². The topological polar surface area (TPSA) is 77.0 Å². The SMILES string of the molecule is CCNC(=NCC(=O)N1CCCc2ccccc21)NC1CCN(C(=O)C2CCCCC2)C1. The van der Waals surface area contributed by atoms with Crippen LogP contribution in [0.4, 0.5) is 5.69 Å². The Morgan fingerprint density at radius 1 is 1.06 bits per heavy atom. The third-order valence-corrected chi connectivity index (χ3v) is 6.92. The molecule has 4 rings (SSSR count). The molecule has 1 aliphatic carbocycles. The zero-order valence-corrected chi connectivity index (χ0v) is 19.3. The maximum Gasteiger partial charge on any atom is 0.248 e. The van der Waals surface area contributed by atoms with Crippen molar-refractivity contribution < 1.29 is 9.59 Å². The number of guanidine groups is 1. The third kappa shape index (κ3) is 5.43. The van der Waals surface area contributed by atoms with Crippen molar-refractivity contribution in [1.82, 2.24) is 15.5 Å². The summed E-state index contributed by atoms with van der Waals surface area (Å²) in [5.41, 5.74) is 2.25. The van der Waals surface area contributed by atoms with E-state index in [9.17, 15) is 9.59 Å². The molecular weight excluding hydrogens is 402 g/mol. The lowest BCUT2D eigenvalue weighted by molar-refractivity contribution is -0.135. The van der Waals surface area contributed by atoms with Gasteiger partial charge in [-0.1, -0.05) is 37.5 Å². The number of carbonyl (C=O) groups excluding carboxylic acids is 2. The summed E-state index contributed by atoms with van der Waals surface area (Å²) in [6.45, 7) is 5.12. The second kappa shape index (κ2) is 10.8. The molecule has 2 aliphatic heterocycles. The number of para-hydroxylation sites is 1. The summed E-state index contributed by atoms with van der Waals surface area (Å²) in [5, 5.41) is 6.72. The van der Waals surface area contributed by atoms with Crippen LogP contribution >= 0.6 is 0 Å². The van der Waals surface area contributed by atoms with Crippen LogP contribution in [0.5, 0.6) is 0 Å². The molecule has 1 aromatic rings. The lowest BCUT2D eigenvalue weighted by Crippen LogP contribution is -2.46. The van der Waals surface area contributed by atoms with E-state index >= 15 is 0 Å². The first kappa shape index (κ1) is 22.6. The van der Waals surface area contributed by atoms with Gasteiger partial charge < -0.3 is 20.4 Å². The second-order valence-electron chi connectivity index (χ2n) is 9.22. The highest BCUT2D eigenvalue weighted by Gasteiger charge is 2.32. The molecule has 2 fully saturated rings. The quantitative estimate of drug-likeness (QED) is 0.546. The number of aryl methyl sites for hydroxylation is 1. The van der Waals surface area contributed by atoms with E-state index in [-0.39, 0.29) is 24.4 Å². The number of amides is 2. The first-order chi connectivity index (χ1) is 15.7. The molecule has 0 radical (unpaired) electrons. The van der Waals surface area contributed by atoms with Crippen molar-refractivity contribution in [2.75, 3.05) is 37.6 Å². The van der Waals surface area contributed by atoms with Crippen LogP contribution in [0.1, 0.15) is 57.4 Å². The van der Waals surface area contributed by atoms with E-state index in [2.05, 4.69) is 21.7 Å². The highest BCUT2D eigenvalue weighted by Crippen LogP contribution is 2.27. The summed E-state index contributed by atoms with van der Waals surface area (Å²) in [5.74, 6) is 1.22. The Morgan fingerprint density at radius 3 is 2.69 bits per heavy atom. The Morgan fingerprint density at radius 2 is 1.88 bits per heavy atom. The molecule has 0 aromatic heterocycles. The number of carbonyl (C=O) groups is 2. The molecule has 7 nitrogen and oxygen atoms in total. The van der Waals surface area contributed by atoms with E-state index in [1.54, 1.807) is 0 Å². The molecule has 1 saturated heterocycles. The average molecular weight is 440 g/mol. The standard InChI is InChI=1S/C25H37N5O2/c1-2-26-25(27-17-23(31)30-15-8-12-19-9-6-7-13-22(19)30)28-21-14-16-29(18-21)24(32)20-10-4-3-5-11-20/h6-7,9,13,20-21H,2-5,8,10-12,14-18H2,1H3,(H2,26,27,28). The van der Waals surface area contributed by atoms with Crippen LogP contribution in [0.15, 0.2) is 29.3 Å². The van der Waals surface area contributed by atoms with Crippen LogP contribution in [-0.4, -0.2) is 61.4 Å². The van der Waals surface area contributed by atoms with Gasteiger partial charge in [0, 0.05) is 43.8 Å². The molecule has 0 spiro atoms. The van der Waals surface area contributed by atoms with Crippen molar-refractivity contribution in [3.05, 3.63) is 29.8 Å². The number of rotatable bonds is 5. The summed E-state index contributed by atoms with van der Waals surface area (Å²) in [7, 11) is 0. The minimum absolute atomic E-state index is 0.0230. The Bertz CT molecular complexity index is 833. The minimum Gasteiger partial charge on any atom is -0.357 e. The van der Waals surface area contributed by atoms with Crippen molar-refractivity contribution in [3.8, 4) is 0 Å². The highest BCUT2D eigenvalue weighted by atomic mass is 16.2. The molecule has 2 amide bonds. The van der Waals surface area contributed by atoms with Gasteiger partial charge in [-0.15, -0.1) is 0 Å². The summed E-state index contributed by atoms with van der Waals surface area (Å²) < 4.78 is 0. The van der Waals surface area contributed by atoms with Gasteiger partial charge in [-0.25, -0.2) is 4.99 Å². The average Bonchev–Trinajstić information content (AvgIpc) is 3.30. The van der Waals surface area contributed by atoms with Gasteiger partial charge in [-0.05, 0) is 50.7 Å². The predicted molar refractivity (Wildman–Crippen MR) is 128 cm³/mol. The molecule has 32 heavy (non-hydrogen) atoms. The van der Waals surface area contributed by atoms with E-state index in [4.69, 9.17) is 0 Å². The molecule has 7 heteroatoms. The number of aliphatic imine (C=N–C) groups is 1. The summed E-state index contributed by atoms with van der Waals surface area (Å²) in [6.07, 6.45) is 8.62. The van der Waals surface area contributed by atoms with E-state index < -0.39 is 0 Å². The van der Waals surface area contributed by atoms with Crippen LogP contribution in [0, 0.1) is 5.92 Å². The van der Waals surface area contributed by atoms with E-state index in [1.165, 1.54) is 24.8 Å². The highest BCUT2D eigenvalue weighted by molar-refractivity contribution is 5.97. The minimum atomic E-state index is 0.0230. The number of anilines is 1. The van der Waals surface area contributed by atoms with Crippen molar-refractivity contribution in [1.29, 1.82) is 0 Å². The fraction of sp³-hybridized carbons (Fsp3) is 0.640. The van der Waals surface area contributed by atoms with Gasteiger partial charge in [0.1, 0.15) is 6.54 Å². The van der Waals surface area contributed by atoms with Crippen LogP contribution in [0.2, 0.25) is 0 Å². The lowest BCUT2D eigenvalue weighted by atomic mass is 9.88. The van der Waals surface area contributed by atoms with Crippen molar-refractivity contribution >= 4 is 23.5 Å². The Balaban J connectivity index is 1.33. The molecule has 0 bridgehead atoms. The summed E-state index contributed by atoms with van der Waals surface area (Å²) in [6, 6.07) is 8.31.